The number of aliphatic hydroxyl groups is 1. The number of hydrogen-bond acceptors (Lipinski definition) is 2. The molecule has 2 heteroatoms. The average Bonchev–Trinajstić information content (AvgIpc) is 2.43. The molecule has 0 radical (unpaired) electrons. The van der Waals surface area contributed by atoms with Crippen molar-refractivity contribution >= 4 is 5.78 Å². The molecule has 0 fully saturated rings. The Hall–Kier alpha value is -1.67. The first-order valence-corrected chi connectivity index (χ1v) is 7.83. The van der Waals surface area contributed by atoms with Gasteiger partial charge in [0.1, 0.15) is 0 Å². The lowest BCUT2D eigenvalue weighted by Gasteiger charge is -2.32. The van der Waals surface area contributed by atoms with Gasteiger partial charge in [0.2, 0.25) is 0 Å². The van der Waals surface area contributed by atoms with Crippen molar-refractivity contribution < 1.29 is 9.90 Å². The van der Waals surface area contributed by atoms with E-state index in [4.69, 9.17) is 5.11 Å². The summed E-state index contributed by atoms with van der Waals surface area (Å²) in [6.07, 6.45) is 13.4. The molecule has 0 atom stereocenters. The minimum absolute atomic E-state index is 0.0606. The normalized spacial score (nSPS) is 20.5. The Morgan fingerprint density at radius 2 is 1.91 bits per heavy atom. The van der Waals surface area contributed by atoms with E-state index in [0.717, 1.165) is 28.7 Å². The Morgan fingerprint density at radius 1 is 1.23 bits per heavy atom. The van der Waals surface area contributed by atoms with Crippen molar-refractivity contribution in [2.75, 3.05) is 6.61 Å². The molecule has 1 aliphatic carbocycles. The van der Waals surface area contributed by atoms with Gasteiger partial charge in [-0.2, -0.15) is 0 Å². The molecule has 0 aliphatic heterocycles. The predicted molar refractivity (Wildman–Crippen MR) is 93.6 cm³/mol. The van der Waals surface area contributed by atoms with Gasteiger partial charge in [-0.25, -0.2) is 0 Å². The zero-order valence-electron chi connectivity index (χ0n) is 14.4. The molecule has 1 rings (SSSR count). The number of carbonyl (C=O) groups is 1. The minimum Gasteiger partial charge on any atom is -0.392 e. The minimum atomic E-state index is 0.0606. The number of carbonyl (C=O) groups excluding carboxylic acids is 1. The van der Waals surface area contributed by atoms with Gasteiger partial charge in [-0.1, -0.05) is 61.4 Å². The molecule has 0 heterocycles. The van der Waals surface area contributed by atoms with E-state index in [1.165, 1.54) is 0 Å². The Balaban J connectivity index is 2.88. The molecule has 1 aliphatic rings. The van der Waals surface area contributed by atoms with Crippen LogP contribution >= 0.6 is 0 Å². The molecule has 0 aromatic heterocycles. The van der Waals surface area contributed by atoms with Gasteiger partial charge in [0.15, 0.2) is 5.78 Å². The van der Waals surface area contributed by atoms with Crippen molar-refractivity contribution in [1.82, 2.24) is 0 Å². The summed E-state index contributed by atoms with van der Waals surface area (Å²) in [6.45, 7) is 10.4. The maximum atomic E-state index is 11.9. The third kappa shape index (κ3) is 5.27. The Labute approximate surface area is 134 Å². The first-order valence-electron chi connectivity index (χ1n) is 7.83. The average molecular weight is 300 g/mol. The maximum Gasteiger partial charge on any atom is 0.158 e. The Morgan fingerprint density at radius 3 is 2.55 bits per heavy atom. The van der Waals surface area contributed by atoms with Gasteiger partial charge in [-0.3, -0.25) is 4.79 Å². The monoisotopic (exact) mass is 300 g/mol. The van der Waals surface area contributed by atoms with E-state index in [2.05, 4.69) is 26.0 Å². The summed E-state index contributed by atoms with van der Waals surface area (Å²) in [7, 11) is 0. The van der Waals surface area contributed by atoms with E-state index in [9.17, 15) is 4.79 Å². The lowest BCUT2D eigenvalue weighted by atomic mass is 9.72. The van der Waals surface area contributed by atoms with Crippen LogP contribution in [-0.2, 0) is 4.79 Å². The van der Waals surface area contributed by atoms with Crippen LogP contribution in [0.3, 0.4) is 0 Å². The second-order valence-electron chi connectivity index (χ2n) is 6.58. The van der Waals surface area contributed by atoms with Crippen LogP contribution in [0.25, 0.3) is 0 Å². The number of aliphatic hydroxyl groups excluding tert-OH is 1. The van der Waals surface area contributed by atoms with Crippen LogP contribution in [0.2, 0.25) is 0 Å². The molecule has 1 N–H and O–H groups in total. The van der Waals surface area contributed by atoms with Crippen LogP contribution < -0.4 is 0 Å². The van der Waals surface area contributed by atoms with E-state index in [1.54, 1.807) is 6.08 Å². The second kappa shape index (κ2) is 8.09. The van der Waals surface area contributed by atoms with E-state index in [1.807, 2.05) is 39.0 Å². The molecule has 0 unspecified atom stereocenters. The molecule has 0 amide bonds. The second-order valence-corrected chi connectivity index (χ2v) is 6.58. The van der Waals surface area contributed by atoms with Gasteiger partial charge in [0, 0.05) is 6.42 Å². The number of Topliss-reactive ketones (excluding diaryl/α,β-unsaturated/α-hetero) is 1. The molecule has 0 saturated heterocycles. The van der Waals surface area contributed by atoms with Gasteiger partial charge in [-0.15, -0.1) is 0 Å². The fourth-order valence-corrected chi connectivity index (χ4v) is 2.59. The summed E-state index contributed by atoms with van der Waals surface area (Å²) in [5, 5.41) is 8.80. The van der Waals surface area contributed by atoms with Crippen LogP contribution in [0.5, 0.6) is 0 Å². The standard InChI is InChI=1S/C20H28O2/c1-15(7-6-8-16(2)12-14-21)9-10-18-17(3)19(22)11-13-20(18,4)5/h6-10,12,21H,11,13-14H2,1-5H3/b8-6+,10-9+,15-7+,16-12+. The van der Waals surface area contributed by atoms with E-state index >= 15 is 0 Å². The quantitative estimate of drug-likeness (QED) is 0.748. The van der Waals surface area contributed by atoms with Gasteiger partial charge in [0.05, 0.1) is 6.61 Å². The molecule has 2 nitrogen and oxygen atoms in total. The largest absolute Gasteiger partial charge is 0.392 e. The molecule has 0 spiro atoms. The van der Waals surface area contributed by atoms with Crippen molar-refractivity contribution in [3.63, 3.8) is 0 Å². The van der Waals surface area contributed by atoms with Crippen molar-refractivity contribution in [2.24, 2.45) is 5.41 Å². The highest BCUT2D eigenvalue weighted by Crippen LogP contribution is 2.39. The summed E-state index contributed by atoms with van der Waals surface area (Å²) in [6, 6.07) is 0. The fourth-order valence-electron chi connectivity index (χ4n) is 2.59. The van der Waals surface area contributed by atoms with E-state index in [-0.39, 0.29) is 17.8 Å². The van der Waals surface area contributed by atoms with Crippen LogP contribution in [0, 0.1) is 5.41 Å². The number of allylic oxidation sites excluding steroid dienone is 9. The highest BCUT2D eigenvalue weighted by molar-refractivity contribution is 5.97. The van der Waals surface area contributed by atoms with Crippen molar-refractivity contribution in [3.8, 4) is 0 Å². The summed E-state index contributed by atoms with van der Waals surface area (Å²) in [5.41, 5.74) is 4.27. The molecule has 0 bridgehead atoms. The Kier molecular flexibility index (Phi) is 6.76. The third-order valence-corrected chi connectivity index (χ3v) is 4.17. The zero-order valence-corrected chi connectivity index (χ0v) is 14.4. The number of hydrogen-bond donors (Lipinski definition) is 1. The lowest BCUT2D eigenvalue weighted by molar-refractivity contribution is -0.116. The van der Waals surface area contributed by atoms with Crippen molar-refractivity contribution in [1.29, 1.82) is 0 Å². The highest BCUT2D eigenvalue weighted by atomic mass is 16.2. The predicted octanol–water partition coefficient (Wildman–Crippen LogP) is 4.69. The fraction of sp³-hybridized carbons (Fsp3) is 0.450. The van der Waals surface area contributed by atoms with Gasteiger partial charge in [0.25, 0.3) is 0 Å². The molecule has 0 saturated carbocycles. The van der Waals surface area contributed by atoms with Crippen LogP contribution in [-0.4, -0.2) is 17.5 Å². The van der Waals surface area contributed by atoms with Gasteiger partial charge in [-0.05, 0) is 43.8 Å². The molecule has 0 aromatic carbocycles. The summed E-state index contributed by atoms with van der Waals surface area (Å²) in [4.78, 5) is 11.9. The number of rotatable bonds is 5. The maximum absolute atomic E-state index is 11.9. The smallest absolute Gasteiger partial charge is 0.158 e. The first kappa shape index (κ1) is 18.4. The highest BCUT2D eigenvalue weighted by Gasteiger charge is 2.30. The van der Waals surface area contributed by atoms with Crippen LogP contribution in [0.4, 0.5) is 0 Å². The molecule has 22 heavy (non-hydrogen) atoms. The van der Waals surface area contributed by atoms with Crippen molar-refractivity contribution in [3.05, 3.63) is 58.7 Å². The SMILES string of the molecule is CC1=C(/C=C/C(C)=C/C=C/C(C)=C/CO)C(C)(C)CCC1=O. The Bertz CT molecular complexity index is 567. The lowest BCUT2D eigenvalue weighted by Crippen LogP contribution is -2.24. The zero-order chi connectivity index (χ0) is 16.8. The van der Waals surface area contributed by atoms with Gasteiger partial charge < -0.3 is 5.11 Å². The summed E-state index contributed by atoms with van der Waals surface area (Å²) in [5.74, 6) is 0.269. The molecular formula is C20H28O2. The summed E-state index contributed by atoms with van der Waals surface area (Å²) < 4.78 is 0. The van der Waals surface area contributed by atoms with E-state index in [0.29, 0.717) is 6.42 Å². The van der Waals surface area contributed by atoms with Crippen LogP contribution in [0.1, 0.15) is 47.5 Å². The summed E-state index contributed by atoms with van der Waals surface area (Å²) >= 11 is 0. The third-order valence-electron chi connectivity index (χ3n) is 4.17. The first-order chi connectivity index (χ1) is 10.3. The van der Waals surface area contributed by atoms with E-state index < -0.39 is 0 Å². The van der Waals surface area contributed by atoms with Crippen LogP contribution in [0.15, 0.2) is 58.7 Å². The molecule has 0 aromatic rings. The number of ketones is 1. The van der Waals surface area contributed by atoms with Crippen molar-refractivity contribution in [2.45, 2.75) is 47.5 Å². The topological polar surface area (TPSA) is 37.3 Å². The molecular weight excluding hydrogens is 272 g/mol. The van der Waals surface area contributed by atoms with Gasteiger partial charge >= 0.3 is 0 Å². The molecule has 120 valence electrons.